The van der Waals surface area contributed by atoms with E-state index in [9.17, 15) is 0 Å². The Labute approximate surface area is 135 Å². The van der Waals surface area contributed by atoms with E-state index in [0.29, 0.717) is 28.9 Å². The molecule has 2 aromatic rings. The zero-order valence-electron chi connectivity index (χ0n) is 11.8. The predicted molar refractivity (Wildman–Crippen MR) is 90.7 cm³/mol. The average molecular weight is 322 g/mol. The van der Waals surface area contributed by atoms with Gasteiger partial charge in [-0.15, -0.1) is 0 Å². The van der Waals surface area contributed by atoms with Crippen molar-refractivity contribution in [2.75, 3.05) is 11.9 Å². The van der Waals surface area contributed by atoms with Crippen molar-refractivity contribution in [3.05, 3.63) is 70.2 Å². The van der Waals surface area contributed by atoms with E-state index in [2.05, 4.69) is 31.0 Å². The second kappa shape index (κ2) is 7.39. The van der Waals surface area contributed by atoms with Gasteiger partial charge in [-0.05, 0) is 31.2 Å². The second-order valence-electron chi connectivity index (χ2n) is 4.70. The third kappa shape index (κ3) is 4.42. The summed E-state index contributed by atoms with van der Waals surface area (Å²) in [6.07, 6.45) is 1.68. The maximum atomic E-state index is 6.20. The Kier molecular flexibility index (Phi) is 5.54. The van der Waals surface area contributed by atoms with E-state index in [0.717, 1.165) is 11.3 Å². The molecular weight excluding hydrogens is 305 g/mol. The predicted octanol–water partition coefficient (Wildman–Crippen LogP) is 5.48. The Bertz CT molecular complexity index is 623. The summed E-state index contributed by atoms with van der Waals surface area (Å²) in [4.78, 5) is 0. The molecule has 0 aliphatic heterocycles. The van der Waals surface area contributed by atoms with Gasteiger partial charge in [-0.1, -0.05) is 53.6 Å². The SMILES string of the molecule is C=CCOc1c(Cl)cc(Cl)cc1CNc1ccc(C)cc1. The summed E-state index contributed by atoms with van der Waals surface area (Å²) < 4.78 is 5.63. The van der Waals surface area contributed by atoms with Crippen molar-refractivity contribution in [1.82, 2.24) is 0 Å². The van der Waals surface area contributed by atoms with Crippen LogP contribution in [0, 0.1) is 6.92 Å². The second-order valence-corrected chi connectivity index (χ2v) is 5.54. The molecule has 1 N–H and O–H groups in total. The number of anilines is 1. The Morgan fingerprint density at radius 3 is 2.57 bits per heavy atom. The van der Waals surface area contributed by atoms with Gasteiger partial charge in [0.2, 0.25) is 0 Å². The first-order valence-electron chi connectivity index (χ1n) is 6.62. The van der Waals surface area contributed by atoms with Gasteiger partial charge in [-0.2, -0.15) is 0 Å². The van der Waals surface area contributed by atoms with Crippen LogP contribution in [0.5, 0.6) is 5.75 Å². The van der Waals surface area contributed by atoms with Crippen LogP contribution in [-0.2, 0) is 6.54 Å². The molecule has 0 amide bonds. The van der Waals surface area contributed by atoms with Crippen molar-refractivity contribution in [3.8, 4) is 5.75 Å². The Morgan fingerprint density at radius 1 is 1.19 bits per heavy atom. The van der Waals surface area contributed by atoms with Crippen molar-refractivity contribution < 1.29 is 4.74 Å². The lowest BCUT2D eigenvalue weighted by Gasteiger charge is -2.14. The quantitative estimate of drug-likeness (QED) is 0.711. The average Bonchev–Trinajstić information content (AvgIpc) is 2.45. The lowest BCUT2D eigenvalue weighted by molar-refractivity contribution is 0.360. The molecule has 110 valence electrons. The first-order valence-corrected chi connectivity index (χ1v) is 7.38. The van der Waals surface area contributed by atoms with Crippen LogP contribution >= 0.6 is 23.2 Å². The molecule has 2 aromatic carbocycles. The molecule has 0 radical (unpaired) electrons. The molecule has 0 aliphatic rings. The van der Waals surface area contributed by atoms with Gasteiger partial charge in [0.05, 0.1) is 5.02 Å². The molecule has 0 heterocycles. The fourth-order valence-corrected chi connectivity index (χ4v) is 2.51. The summed E-state index contributed by atoms with van der Waals surface area (Å²) in [7, 11) is 0. The van der Waals surface area contributed by atoms with Gasteiger partial charge in [0.15, 0.2) is 0 Å². The van der Waals surface area contributed by atoms with Crippen LogP contribution in [0.25, 0.3) is 0 Å². The number of nitrogens with one attached hydrogen (secondary N) is 1. The largest absolute Gasteiger partial charge is 0.488 e. The molecule has 0 fully saturated rings. The number of halogens is 2. The van der Waals surface area contributed by atoms with Gasteiger partial charge in [0, 0.05) is 22.8 Å². The van der Waals surface area contributed by atoms with E-state index in [1.807, 2.05) is 18.2 Å². The highest BCUT2D eigenvalue weighted by molar-refractivity contribution is 6.35. The summed E-state index contributed by atoms with van der Waals surface area (Å²) in [6.45, 7) is 6.68. The summed E-state index contributed by atoms with van der Waals surface area (Å²) in [5.74, 6) is 0.639. The van der Waals surface area contributed by atoms with E-state index in [1.54, 1.807) is 12.1 Å². The van der Waals surface area contributed by atoms with Gasteiger partial charge >= 0.3 is 0 Å². The normalized spacial score (nSPS) is 10.2. The maximum absolute atomic E-state index is 6.20. The molecule has 0 bridgehead atoms. The standard InChI is InChI=1S/C17H17Cl2NO/c1-3-8-21-17-13(9-14(18)10-16(17)19)11-20-15-6-4-12(2)5-7-15/h3-7,9-10,20H,1,8,11H2,2H3. The molecule has 0 unspecified atom stereocenters. The van der Waals surface area contributed by atoms with Gasteiger partial charge in [0.1, 0.15) is 12.4 Å². The van der Waals surface area contributed by atoms with Crippen LogP contribution in [0.1, 0.15) is 11.1 Å². The number of hydrogen-bond acceptors (Lipinski definition) is 2. The van der Waals surface area contributed by atoms with E-state index >= 15 is 0 Å². The number of ether oxygens (including phenoxy) is 1. The third-order valence-corrected chi connectivity index (χ3v) is 3.46. The number of hydrogen-bond donors (Lipinski definition) is 1. The number of aryl methyl sites for hydroxylation is 1. The molecule has 0 saturated heterocycles. The first kappa shape index (κ1) is 15.7. The Hall–Kier alpha value is -1.64. The van der Waals surface area contributed by atoms with Gasteiger partial charge in [-0.25, -0.2) is 0 Å². The molecular formula is C17H17Cl2NO. The minimum absolute atomic E-state index is 0.402. The van der Waals surface area contributed by atoms with Gasteiger partial charge in [-0.3, -0.25) is 0 Å². The van der Waals surface area contributed by atoms with Gasteiger partial charge < -0.3 is 10.1 Å². The maximum Gasteiger partial charge on any atom is 0.143 e. The topological polar surface area (TPSA) is 21.3 Å². The summed E-state index contributed by atoms with van der Waals surface area (Å²) >= 11 is 12.3. The lowest BCUT2D eigenvalue weighted by Crippen LogP contribution is -2.04. The van der Waals surface area contributed by atoms with E-state index < -0.39 is 0 Å². The van der Waals surface area contributed by atoms with Crippen molar-refractivity contribution in [2.24, 2.45) is 0 Å². The molecule has 0 aromatic heterocycles. The van der Waals surface area contributed by atoms with Crippen molar-refractivity contribution in [3.63, 3.8) is 0 Å². The smallest absolute Gasteiger partial charge is 0.143 e. The van der Waals surface area contributed by atoms with Crippen molar-refractivity contribution in [1.29, 1.82) is 0 Å². The fourth-order valence-electron chi connectivity index (χ4n) is 1.92. The number of rotatable bonds is 6. The van der Waals surface area contributed by atoms with Crippen LogP contribution in [0.3, 0.4) is 0 Å². The molecule has 0 atom stereocenters. The number of benzene rings is 2. The highest BCUT2D eigenvalue weighted by atomic mass is 35.5. The van der Waals surface area contributed by atoms with Crippen LogP contribution in [0.4, 0.5) is 5.69 Å². The fraction of sp³-hybridized carbons (Fsp3) is 0.176. The molecule has 0 aliphatic carbocycles. The van der Waals surface area contributed by atoms with E-state index in [-0.39, 0.29) is 0 Å². The highest BCUT2D eigenvalue weighted by Gasteiger charge is 2.10. The summed E-state index contributed by atoms with van der Waals surface area (Å²) in [5, 5.41) is 4.43. The van der Waals surface area contributed by atoms with Crippen LogP contribution in [0.15, 0.2) is 49.1 Å². The molecule has 4 heteroatoms. The third-order valence-electron chi connectivity index (χ3n) is 2.97. The minimum atomic E-state index is 0.402. The lowest BCUT2D eigenvalue weighted by atomic mass is 10.2. The monoisotopic (exact) mass is 321 g/mol. The van der Waals surface area contributed by atoms with Crippen molar-refractivity contribution >= 4 is 28.9 Å². The molecule has 2 nitrogen and oxygen atoms in total. The highest BCUT2D eigenvalue weighted by Crippen LogP contribution is 2.33. The van der Waals surface area contributed by atoms with Gasteiger partial charge in [0.25, 0.3) is 0 Å². The minimum Gasteiger partial charge on any atom is -0.488 e. The molecule has 21 heavy (non-hydrogen) atoms. The first-order chi connectivity index (χ1) is 10.1. The van der Waals surface area contributed by atoms with E-state index in [4.69, 9.17) is 27.9 Å². The van der Waals surface area contributed by atoms with E-state index in [1.165, 1.54) is 5.56 Å². The van der Waals surface area contributed by atoms with Crippen LogP contribution in [0.2, 0.25) is 10.0 Å². The molecule has 2 rings (SSSR count). The van der Waals surface area contributed by atoms with Crippen LogP contribution < -0.4 is 10.1 Å². The Morgan fingerprint density at radius 2 is 1.90 bits per heavy atom. The summed E-state index contributed by atoms with van der Waals surface area (Å²) in [5.41, 5.74) is 3.17. The van der Waals surface area contributed by atoms with Crippen molar-refractivity contribution in [2.45, 2.75) is 13.5 Å². The molecule has 0 saturated carbocycles. The zero-order chi connectivity index (χ0) is 15.2. The Balaban J connectivity index is 2.17. The van der Waals surface area contributed by atoms with Crippen LogP contribution in [-0.4, -0.2) is 6.61 Å². The summed E-state index contributed by atoms with van der Waals surface area (Å²) in [6, 6.07) is 11.7. The zero-order valence-corrected chi connectivity index (χ0v) is 13.3. The molecule has 0 spiro atoms.